The van der Waals surface area contributed by atoms with Gasteiger partial charge in [0.2, 0.25) is 0 Å². The van der Waals surface area contributed by atoms with E-state index < -0.39 is 11.9 Å². The van der Waals surface area contributed by atoms with Gasteiger partial charge in [-0.15, -0.1) is 10.2 Å². The third-order valence-corrected chi connectivity index (χ3v) is 3.95. The Labute approximate surface area is 150 Å². The average Bonchev–Trinajstić information content (AvgIpc) is 3.21. The van der Waals surface area contributed by atoms with Gasteiger partial charge >= 0.3 is 6.18 Å². The van der Waals surface area contributed by atoms with E-state index >= 15 is 0 Å². The van der Waals surface area contributed by atoms with Crippen molar-refractivity contribution >= 4 is 11.8 Å². The van der Waals surface area contributed by atoms with Crippen LogP contribution in [-0.4, -0.2) is 36.3 Å². The van der Waals surface area contributed by atoms with Crippen LogP contribution in [0.4, 0.5) is 13.2 Å². The number of halogens is 3. The fourth-order valence-corrected chi connectivity index (χ4v) is 2.63. The first kappa shape index (κ1) is 16.9. The molecule has 3 aromatic rings. The number of nitrogens with two attached hydrogens (primary N) is 1. The molecule has 0 saturated heterocycles. The van der Waals surface area contributed by atoms with Crippen molar-refractivity contribution in [1.82, 2.24) is 24.5 Å². The first-order chi connectivity index (χ1) is 12.8. The topological polar surface area (TPSA) is 99.3 Å². The zero-order valence-electron chi connectivity index (χ0n) is 14.0. The summed E-state index contributed by atoms with van der Waals surface area (Å²) in [7, 11) is 0. The number of hydrogen-bond donors (Lipinski definition) is 1. The van der Waals surface area contributed by atoms with Gasteiger partial charge in [0.15, 0.2) is 5.69 Å². The van der Waals surface area contributed by atoms with Crippen LogP contribution >= 0.6 is 0 Å². The minimum Gasteiger partial charge on any atom is -0.385 e. The Balaban J connectivity index is 1.91. The predicted octanol–water partition coefficient (Wildman–Crippen LogP) is 2.05. The molecule has 1 aliphatic heterocycles. The average molecular weight is 374 g/mol. The van der Waals surface area contributed by atoms with E-state index in [0.29, 0.717) is 16.1 Å². The molecule has 0 amide bonds. The van der Waals surface area contributed by atoms with Crippen LogP contribution < -0.4 is 5.73 Å². The molecule has 27 heavy (non-hydrogen) atoms. The van der Waals surface area contributed by atoms with Crippen LogP contribution in [0.15, 0.2) is 46.9 Å². The van der Waals surface area contributed by atoms with Crippen LogP contribution in [-0.2, 0) is 12.6 Å². The third-order valence-electron chi connectivity index (χ3n) is 3.95. The van der Waals surface area contributed by atoms with Crippen LogP contribution in [0.25, 0.3) is 11.3 Å². The van der Waals surface area contributed by atoms with Crippen molar-refractivity contribution in [3.05, 3.63) is 53.7 Å². The number of hydrogen-bond acceptors (Lipinski definition) is 6. The Morgan fingerprint density at radius 3 is 2.52 bits per heavy atom. The molecule has 0 bridgehead atoms. The van der Waals surface area contributed by atoms with Crippen molar-refractivity contribution in [2.75, 3.05) is 0 Å². The molecule has 0 radical (unpaired) electrons. The lowest BCUT2D eigenvalue weighted by molar-refractivity contribution is -0.142. The first-order valence-corrected chi connectivity index (χ1v) is 7.87. The molecule has 4 rings (SSSR count). The summed E-state index contributed by atoms with van der Waals surface area (Å²) in [6, 6.07) is 7.96. The summed E-state index contributed by atoms with van der Waals surface area (Å²) in [4.78, 5) is 4.00. The van der Waals surface area contributed by atoms with Crippen molar-refractivity contribution in [2.45, 2.75) is 19.5 Å². The van der Waals surface area contributed by atoms with E-state index in [4.69, 9.17) is 5.73 Å². The largest absolute Gasteiger partial charge is 0.433 e. The zero-order chi connectivity index (χ0) is 19.2. The smallest absolute Gasteiger partial charge is 0.385 e. The summed E-state index contributed by atoms with van der Waals surface area (Å²) in [5, 5.41) is 15.6. The van der Waals surface area contributed by atoms with Gasteiger partial charge in [-0.2, -0.15) is 32.7 Å². The van der Waals surface area contributed by atoms with Crippen molar-refractivity contribution in [3.63, 3.8) is 0 Å². The second-order valence-corrected chi connectivity index (χ2v) is 5.95. The molecule has 0 aliphatic carbocycles. The van der Waals surface area contributed by atoms with Crippen LogP contribution in [0.3, 0.4) is 0 Å². The highest BCUT2D eigenvalue weighted by atomic mass is 19.4. The standard InChI is InChI=1S/C16H13F3N8/c1-9-2-4-10(5-3-9)11-6-12(16(17,18)19)26(25-11)15-24-23-13(20)7-14-21-8-22-27(14)15/h2-6,8H,7H2,1H3,(H2,20,23). The monoisotopic (exact) mass is 374 g/mol. The molecule has 3 heterocycles. The maximum Gasteiger partial charge on any atom is 0.433 e. The molecule has 2 aromatic heterocycles. The lowest BCUT2D eigenvalue weighted by Crippen LogP contribution is -2.29. The minimum absolute atomic E-state index is 0.110. The van der Waals surface area contributed by atoms with Gasteiger partial charge in [0, 0.05) is 5.56 Å². The maximum atomic E-state index is 13.7. The predicted molar refractivity (Wildman–Crippen MR) is 91.0 cm³/mol. The summed E-state index contributed by atoms with van der Waals surface area (Å²) in [6.45, 7) is 1.89. The summed E-state index contributed by atoms with van der Waals surface area (Å²) in [5.74, 6) is 0.167. The Kier molecular flexibility index (Phi) is 3.79. The quantitative estimate of drug-likeness (QED) is 0.705. The van der Waals surface area contributed by atoms with E-state index in [-0.39, 0.29) is 23.9 Å². The van der Waals surface area contributed by atoms with Gasteiger partial charge in [-0.3, -0.25) is 0 Å². The summed E-state index contributed by atoms with van der Waals surface area (Å²) in [5.41, 5.74) is 6.36. The van der Waals surface area contributed by atoms with Crippen molar-refractivity contribution < 1.29 is 13.2 Å². The Hall–Kier alpha value is -3.50. The van der Waals surface area contributed by atoms with E-state index in [0.717, 1.165) is 16.3 Å². The Bertz CT molecular complexity index is 1060. The molecule has 0 unspecified atom stereocenters. The van der Waals surface area contributed by atoms with E-state index in [2.05, 4.69) is 25.4 Å². The van der Waals surface area contributed by atoms with Crippen LogP contribution in [0.2, 0.25) is 0 Å². The van der Waals surface area contributed by atoms with Gasteiger partial charge in [0.05, 0.1) is 12.1 Å². The molecule has 138 valence electrons. The number of alkyl halides is 3. The van der Waals surface area contributed by atoms with E-state index in [9.17, 15) is 13.2 Å². The van der Waals surface area contributed by atoms with Gasteiger partial charge in [-0.05, 0) is 13.0 Å². The fourth-order valence-electron chi connectivity index (χ4n) is 2.63. The molecular formula is C16H13F3N8. The number of aromatic nitrogens is 5. The molecule has 2 N–H and O–H groups in total. The molecule has 0 spiro atoms. The van der Waals surface area contributed by atoms with E-state index in [1.165, 1.54) is 6.33 Å². The Morgan fingerprint density at radius 1 is 1.07 bits per heavy atom. The molecule has 1 aliphatic rings. The molecular weight excluding hydrogens is 361 g/mol. The fraction of sp³-hybridized carbons (Fsp3) is 0.188. The normalized spacial score (nSPS) is 14.4. The second kappa shape index (κ2) is 6.04. The molecule has 0 fully saturated rings. The summed E-state index contributed by atoms with van der Waals surface area (Å²) in [6.07, 6.45) is -3.34. The summed E-state index contributed by atoms with van der Waals surface area (Å²) < 4.78 is 42.8. The number of nitrogens with zero attached hydrogens (tertiary/aromatic N) is 7. The number of benzene rings is 1. The SMILES string of the molecule is Cc1ccc(-c2cc(C(F)(F)F)n(C3=NN=C(N)Cc4ncnn43)n2)cc1. The van der Waals surface area contributed by atoms with E-state index in [1.54, 1.807) is 24.3 Å². The van der Waals surface area contributed by atoms with Gasteiger partial charge in [0.1, 0.15) is 18.0 Å². The van der Waals surface area contributed by atoms with E-state index in [1.807, 2.05) is 6.92 Å². The van der Waals surface area contributed by atoms with Crippen LogP contribution in [0.1, 0.15) is 17.1 Å². The number of aryl methyl sites for hydroxylation is 1. The molecule has 11 heteroatoms. The second-order valence-electron chi connectivity index (χ2n) is 5.95. The Morgan fingerprint density at radius 2 is 1.81 bits per heavy atom. The molecule has 0 saturated carbocycles. The summed E-state index contributed by atoms with van der Waals surface area (Å²) >= 11 is 0. The van der Waals surface area contributed by atoms with Crippen molar-refractivity contribution in [3.8, 4) is 11.3 Å². The molecule has 8 nitrogen and oxygen atoms in total. The highest BCUT2D eigenvalue weighted by molar-refractivity contribution is 5.90. The van der Waals surface area contributed by atoms with Crippen LogP contribution in [0.5, 0.6) is 0 Å². The first-order valence-electron chi connectivity index (χ1n) is 7.87. The lowest BCUT2D eigenvalue weighted by atomic mass is 10.1. The third kappa shape index (κ3) is 3.07. The minimum atomic E-state index is -4.67. The van der Waals surface area contributed by atoms with Crippen molar-refractivity contribution in [1.29, 1.82) is 0 Å². The number of rotatable bonds is 1. The van der Waals surface area contributed by atoms with Gasteiger partial charge in [-0.25, -0.2) is 4.98 Å². The number of amidine groups is 1. The van der Waals surface area contributed by atoms with Crippen molar-refractivity contribution in [2.24, 2.45) is 15.9 Å². The zero-order valence-corrected chi connectivity index (χ0v) is 14.0. The van der Waals surface area contributed by atoms with Gasteiger partial charge < -0.3 is 5.73 Å². The van der Waals surface area contributed by atoms with Gasteiger partial charge in [-0.1, -0.05) is 29.8 Å². The van der Waals surface area contributed by atoms with Crippen LogP contribution in [0, 0.1) is 6.92 Å². The maximum absolute atomic E-state index is 13.7. The highest BCUT2D eigenvalue weighted by Crippen LogP contribution is 2.32. The molecule has 0 atom stereocenters. The highest BCUT2D eigenvalue weighted by Gasteiger charge is 2.38. The molecule has 1 aromatic carbocycles. The van der Waals surface area contributed by atoms with Gasteiger partial charge in [0.25, 0.3) is 5.96 Å². The number of fused-ring (bicyclic) bond motifs is 1. The lowest BCUT2D eigenvalue weighted by Gasteiger charge is -2.11.